The quantitative estimate of drug-likeness (QED) is 0.553. The molecule has 4 rings (SSSR count). The van der Waals surface area contributed by atoms with Gasteiger partial charge in [0.1, 0.15) is 0 Å². The molecule has 2 N–H and O–H groups in total. The highest BCUT2D eigenvalue weighted by molar-refractivity contribution is 7.92. The first-order chi connectivity index (χ1) is 15.9. The Balaban J connectivity index is 1.50. The van der Waals surface area contributed by atoms with Gasteiger partial charge in [-0.15, -0.1) is 0 Å². The first-order valence-electron chi connectivity index (χ1n) is 10.8. The van der Waals surface area contributed by atoms with Crippen molar-refractivity contribution in [2.45, 2.75) is 18.4 Å². The summed E-state index contributed by atoms with van der Waals surface area (Å²) in [7, 11) is -3.83. The van der Waals surface area contributed by atoms with Crippen LogP contribution in [0, 0.1) is 6.92 Å². The lowest BCUT2D eigenvalue weighted by molar-refractivity contribution is 0.0342. The van der Waals surface area contributed by atoms with E-state index in [1.165, 1.54) is 12.1 Å². The van der Waals surface area contributed by atoms with Crippen molar-refractivity contribution in [2.75, 3.05) is 36.3 Å². The first kappa shape index (κ1) is 23.0. The lowest BCUT2D eigenvalue weighted by Gasteiger charge is -2.27. The molecule has 0 spiro atoms. The van der Waals surface area contributed by atoms with Gasteiger partial charge in [0, 0.05) is 36.6 Å². The Kier molecular flexibility index (Phi) is 7.08. The molecule has 33 heavy (non-hydrogen) atoms. The monoisotopic (exact) mass is 465 g/mol. The van der Waals surface area contributed by atoms with Gasteiger partial charge in [-0.2, -0.15) is 0 Å². The molecule has 1 heterocycles. The van der Waals surface area contributed by atoms with Crippen LogP contribution in [0.15, 0.2) is 77.7 Å². The topological polar surface area (TPSA) is 87.7 Å². The maximum Gasteiger partial charge on any atom is 0.261 e. The molecule has 7 nitrogen and oxygen atoms in total. The second-order valence-electron chi connectivity index (χ2n) is 8.00. The van der Waals surface area contributed by atoms with Gasteiger partial charge in [-0.25, -0.2) is 8.42 Å². The number of hydrogen-bond donors (Lipinski definition) is 2. The molecule has 0 bridgehead atoms. The molecule has 1 amide bonds. The van der Waals surface area contributed by atoms with Gasteiger partial charge >= 0.3 is 0 Å². The van der Waals surface area contributed by atoms with Crippen molar-refractivity contribution in [1.29, 1.82) is 0 Å². The summed E-state index contributed by atoms with van der Waals surface area (Å²) >= 11 is 0. The van der Waals surface area contributed by atoms with Crippen LogP contribution in [0.1, 0.15) is 21.5 Å². The number of carbonyl (C=O) groups excluding carboxylic acids is 1. The normalized spacial score (nSPS) is 14.6. The highest BCUT2D eigenvalue weighted by atomic mass is 32.2. The minimum absolute atomic E-state index is 0.0253. The van der Waals surface area contributed by atoms with Crippen LogP contribution in [-0.2, 0) is 21.3 Å². The minimum Gasteiger partial charge on any atom is -0.379 e. The van der Waals surface area contributed by atoms with Crippen LogP contribution in [0.4, 0.5) is 11.4 Å². The van der Waals surface area contributed by atoms with E-state index in [-0.39, 0.29) is 16.4 Å². The molecule has 172 valence electrons. The molecule has 0 unspecified atom stereocenters. The van der Waals surface area contributed by atoms with Gasteiger partial charge in [0.25, 0.3) is 15.9 Å². The Hall–Kier alpha value is -3.20. The molecule has 1 aliphatic rings. The number of para-hydroxylation sites is 1. The average molecular weight is 466 g/mol. The Morgan fingerprint density at radius 1 is 0.970 bits per heavy atom. The minimum atomic E-state index is -3.83. The van der Waals surface area contributed by atoms with E-state index in [1.807, 2.05) is 43.3 Å². The van der Waals surface area contributed by atoms with Crippen LogP contribution in [0.3, 0.4) is 0 Å². The molecule has 3 aromatic rings. The number of rotatable bonds is 7. The summed E-state index contributed by atoms with van der Waals surface area (Å²) in [5.41, 5.74) is 3.47. The van der Waals surface area contributed by atoms with Crippen molar-refractivity contribution in [1.82, 2.24) is 4.90 Å². The number of hydrogen-bond acceptors (Lipinski definition) is 5. The second-order valence-corrected chi connectivity index (χ2v) is 9.68. The van der Waals surface area contributed by atoms with Crippen LogP contribution in [-0.4, -0.2) is 45.5 Å². The number of benzene rings is 3. The maximum atomic E-state index is 13.0. The van der Waals surface area contributed by atoms with Gasteiger partial charge in [0.15, 0.2) is 0 Å². The van der Waals surface area contributed by atoms with Crippen LogP contribution in [0.5, 0.6) is 0 Å². The number of nitrogens with zero attached hydrogens (tertiary/aromatic N) is 1. The lowest BCUT2D eigenvalue weighted by Crippen LogP contribution is -2.35. The van der Waals surface area contributed by atoms with E-state index in [0.717, 1.165) is 24.2 Å². The van der Waals surface area contributed by atoms with Crippen molar-refractivity contribution < 1.29 is 17.9 Å². The first-order valence-corrected chi connectivity index (χ1v) is 12.3. The molecule has 8 heteroatoms. The number of anilines is 2. The van der Waals surface area contributed by atoms with Crippen molar-refractivity contribution in [3.05, 3.63) is 89.5 Å². The third kappa shape index (κ3) is 5.98. The van der Waals surface area contributed by atoms with Gasteiger partial charge in [-0.1, -0.05) is 42.0 Å². The van der Waals surface area contributed by atoms with Gasteiger partial charge < -0.3 is 10.1 Å². The molecule has 0 atom stereocenters. The number of carbonyl (C=O) groups is 1. The highest BCUT2D eigenvalue weighted by Crippen LogP contribution is 2.21. The van der Waals surface area contributed by atoms with Crippen molar-refractivity contribution in [2.24, 2.45) is 0 Å². The molecule has 1 saturated heterocycles. The zero-order valence-corrected chi connectivity index (χ0v) is 19.3. The molecule has 1 fully saturated rings. The summed E-state index contributed by atoms with van der Waals surface area (Å²) in [4.78, 5) is 15.3. The van der Waals surface area contributed by atoms with Crippen LogP contribution >= 0.6 is 0 Å². The second kappa shape index (κ2) is 10.2. The van der Waals surface area contributed by atoms with Gasteiger partial charge in [-0.3, -0.25) is 14.4 Å². The molecule has 0 saturated carbocycles. The van der Waals surface area contributed by atoms with Crippen LogP contribution < -0.4 is 10.0 Å². The van der Waals surface area contributed by atoms with E-state index in [2.05, 4.69) is 14.9 Å². The zero-order chi connectivity index (χ0) is 23.3. The van der Waals surface area contributed by atoms with Crippen molar-refractivity contribution in [3.63, 3.8) is 0 Å². The summed E-state index contributed by atoms with van der Waals surface area (Å²) < 4.78 is 33.6. The number of nitrogens with one attached hydrogen (secondary N) is 2. The highest BCUT2D eigenvalue weighted by Gasteiger charge is 2.18. The van der Waals surface area contributed by atoms with Gasteiger partial charge in [0.2, 0.25) is 0 Å². The Labute approximate surface area is 194 Å². The molecule has 0 aromatic heterocycles. The van der Waals surface area contributed by atoms with E-state index < -0.39 is 10.0 Å². The molecular weight excluding hydrogens is 438 g/mol. The predicted octanol–water partition coefficient (Wildman–Crippen LogP) is 3.88. The van der Waals surface area contributed by atoms with Crippen molar-refractivity contribution >= 4 is 27.3 Å². The summed E-state index contributed by atoms with van der Waals surface area (Å²) in [6.07, 6.45) is 0. The fourth-order valence-electron chi connectivity index (χ4n) is 3.61. The van der Waals surface area contributed by atoms with E-state index >= 15 is 0 Å². The van der Waals surface area contributed by atoms with E-state index in [0.29, 0.717) is 31.1 Å². The zero-order valence-electron chi connectivity index (χ0n) is 18.5. The largest absolute Gasteiger partial charge is 0.379 e. The van der Waals surface area contributed by atoms with E-state index in [9.17, 15) is 13.2 Å². The van der Waals surface area contributed by atoms with Gasteiger partial charge in [-0.05, 0) is 48.9 Å². The van der Waals surface area contributed by atoms with E-state index in [4.69, 9.17) is 4.74 Å². The molecule has 1 aliphatic heterocycles. The summed E-state index contributed by atoms with van der Waals surface area (Å²) in [5, 5.41) is 2.94. The predicted molar refractivity (Wildman–Crippen MR) is 129 cm³/mol. The Morgan fingerprint density at radius 2 is 1.70 bits per heavy atom. The molecular formula is C25H27N3O4S. The fraction of sp³-hybridized carbons (Fsp3) is 0.240. The molecule has 0 radical (unpaired) electrons. The Bertz CT molecular complexity index is 1220. The summed E-state index contributed by atoms with van der Waals surface area (Å²) in [5.74, 6) is -0.364. The van der Waals surface area contributed by atoms with Gasteiger partial charge in [0.05, 0.1) is 18.1 Å². The number of morpholine rings is 1. The number of amides is 1. The summed E-state index contributed by atoms with van der Waals surface area (Å²) in [6, 6.07) is 20.7. The maximum absolute atomic E-state index is 13.0. The number of aryl methyl sites for hydroxylation is 1. The smallest absolute Gasteiger partial charge is 0.261 e. The SMILES string of the molecule is Cc1ccc(NS(=O)(=O)c2cccc(C(=O)Nc3ccccc3CN3CCOCC3)c2)cc1. The average Bonchev–Trinajstić information content (AvgIpc) is 2.82. The van der Waals surface area contributed by atoms with Crippen LogP contribution in [0.25, 0.3) is 0 Å². The van der Waals surface area contributed by atoms with Crippen molar-refractivity contribution in [3.8, 4) is 0 Å². The Morgan fingerprint density at radius 3 is 2.45 bits per heavy atom. The number of ether oxygens (including phenoxy) is 1. The lowest BCUT2D eigenvalue weighted by atomic mass is 10.1. The fourth-order valence-corrected chi connectivity index (χ4v) is 4.72. The standard InChI is InChI=1S/C25H27N3O4S/c1-19-9-11-22(12-10-19)27-33(30,31)23-7-4-6-20(17-23)25(29)26-24-8-3-2-5-21(24)18-28-13-15-32-16-14-28/h2-12,17,27H,13-16,18H2,1H3,(H,26,29). The third-order valence-electron chi connectivity index (χ3n) is 5.47. The van der Waals surface area contributed by atoms with Crippen LogP contribution in [0.2, 0.25) is 0 Å². The third-order valence-corrected chi connectivity index (χ3v) is 6.85. The number of sulfonamides is 1. The van der Waals surface area contributed by atoms with E-state index in [1.54, 1.807) is 24.3 Å². The molecule has 3 aromatic carbocycles. The summed E-state index contributed by atoms with van der Waals surface area (Å²) in [6.45, 7) is 5.72. The molecule has 0 aliphatic carbocycles.